The van der Waals surface area contributed by atoms with Crippen molar-refractivity contribution in [1.29, 1.82) is 0 Å². The molecule has 0 spiro atoms. The van der Waals surface area contributed by atoms with E-state index < -0.39 is 0 Å². The average Bonchev–Trinajstić information content (AvgIpc) is 2.44. The summed E-state index contributed by atoms with van der Waals surface area (Å²) in [6.07, 6.45) is 0. The monoisotopic (exact) mass is 334 g/mol. The third-order valence-corrected chi connectivity index (χ3v) is 3.15. The third-order valence-electron chi connectivity index (χ3n) is 2.66. The normalized spacial score (nSPS) is 10.1. The van der Waals surface area contributed by atoms with Crippen molar-refractivity contribution < 1.29 is 14.3 Å². The highest BCUT2D eigenvalue weighted by atomic mass is 79.9. The molecule has 2 aromatic rings. The van der Waals surface area contributed by atoms with Crippen LogP contribution >= 0.6 is 15.9 Å². The van der Waals surface area contributed by atoms with Gasteiger partial charge in [0.1, 0.15) is 24.7 Å². The molecular formula is C16H15BrO3. The predicted octanol–water partition coefficient (Wildman–Crippen LogP) is 4.11. The van der Waals surface area contributed by atoms with Crippen LogP contribution in [0.3, 0.4) is 0 Å². The average molecular weight is 335 g/mol. The number of hydrogen-bond acceptors (Lipinski definition) is 3. The van der Waals surface area contributed by atoms with Crippen LogP contribution in [-0.2, 0) is 0 Å². The maximum Gasteiger partial charge on any atom is 0.159 e. The summed E-state index contributed by atoms with van der Waals surface area (Å²) in [5.41, 5.74) is 0.649. The number of halogens is 1. The van der Waals surface area contributed by atoms with Crippen molar-refractivity contribution in [1.82, 2.24) is 0 Å². The number of Topliss-reactive ketones (excluding diaryl/α,β-unsaturated/α-hetero) is 1. The second-order valence-electron chi connectivity index (χ2n) is 4.24. The second-order valence-corrected chi connectivity index (χ2v) is 5.15. The van der Waals surface area contributed by atoms with E-state index in [2.05, 4.69) is 15.9 Å². The van der Waals surface area contributed by atoms with Crippen molar-refractivity contribution in [2.45, 2.75) is 6.92 Å². The van der Waals surface area contributed by atoms with Crippen LogP contribution in [0.4, 0.5) is 0 Å². The van der Waals surface area contributed by atoms with E-state index in [9.17, 15) is 4.79 Å². The fourth-order valence-corrected chi connectivity index (χ4v) is 2.06. The van der Waals surface area contributed by atoms with Gasteiger partial charge in [0.15, 0.2) is 5.78 Å². The molecule has 4 heteroatoms. The smallest absolute Gasteiger partial charge is 0.159 e. The first-order valence-electron chi connectivity index (χ1n) is 6.27. The summed E-state index contributed by atoms with van der Waals surface area (Å²) < 4.78 is 12.1. The summed E-state index contributed by atoms with van der Waals surface area (Å²) in [4.78, 5) is 11.3. The van der Waals surface area contributed by atoms with Gasteiger partial charge in [-0.25, -0.2) is 0 Å². The van der Waals surface area contributed by atoms with Crippen molar-refractivity contribution >= 4 is 21.7 Å². The Bertz CT molecular complexity index is 596. The van der Waals surface area contributed by atoms with E-state index in [1.807, 2.05) is 30.3 Å². The van der Waals surface area contributed by atoms with E-state index in [1.54, 1.807) is 18.2 Å². The Balaban J connectivity index is 1.81. The van der Waals surface area contributed by atoms with Crippen LogP contribution in [0.5, 0.6) is 11.5 Å². The fraction of sp³-hybridized carbons (Fsp3) is 0.188. The Morgan fingerprint density at radius 3 is 2.20 bits per heavy atom. The Kier molecular flexibility index (Phi) is 5.18. The van der Waals surface area contributed by atoms with Gasteiger partial charge in [-0.15, -0.1) is 0 Å². The first-order chi connectivity index (χ1) is 9.65. The van der Waals surface area contributed by atoms with Gasteiger partial charge in [-0.1, -0.05) is 34.1 Å². The summed E-state index contributed by atoms with van der Waals surface area (Å²) in [5.74, 6) is 1.50. The van der Waals surface area contributed by atoms with Gasteiger partial charge in [0.2, 0.25) is 0 Å². The highest BCUT2D eigenvalue weighted by Crippen LogP contribution is 2.18. The van der Waals surface area contributed by atoms with Crippen LogP contribution in [0, 0.1) is 0 Å². The zero-order chi connectivity index (χ0) is 14.4. The summed E-state index contributed by atoms with van der Waals surface area (Å²) in [6.45, 7) is 2.41. The van der Waals surface area contributed by atoms with Crippen LogP contribution in [0.2, 0.25) is 0 Å². The van der Waals surface area contributed by atoms with Gasteiger partial charge in [0.05, 0.1) is 0 Å². The Morgan fingerprint density at radius 1 is 1.00 bits per heavy atom. The van der Waals surface area contributed by atoms with Gasteiger partial charge < -0.3 is 9.47 Å². The topological polar surface area (TPSA) is 35.5 Å². The fourth-order valence-electron chi connectivity index (χ4n) is 1.68. The zero-order valence-electron chi connectivity index (χ0n) is 11.1. The quantitative estimate of drug-likeness (QED) is 0.589. The second kappa shape index (κ2) is 7.10. The lowest BCUT2D eigenvalue weighted by molar-refractivity contribution is 0.101. The van der Waals surface area contributed by atoms with Gasteiger partial charge in [-0.3, -0.25) is 4.79 Å². The minimum atomic E-state index is 0.0286. The number of ether oxygens (including phenoxy) is 2. The van der Waals surface area contributed by atoms with E-state index in [1.165, 1.54) is 6.92 Å². The lowest BCUT2D eigenvalue weighted by atomic mass is 10.1. The predicted molar refractivity (Wildman–Crippen MR) is 81.6 cm³/mol. The molecule has 2 aromatic carbocycles. The van der Waals surface area contributed by atoms with E-state index >= 15 is 0 Å². The van der Waals surface area contributed by atoms with Crippen LogP contribution < -0.4 is 9.47 Å². The molecule has 0 aromatic heterocycles. The molecule has 0 radical (unpaired) electrons. The van der Waals surface area contributed by atoms with Gasteiger partial charge in [0.25, 0.3) is 0 Å². The van der Waals surface area contributed by atoms with Crippen molar-refractivity contribution in [3.05, 3.63) is 58.6 Å². The molecule has 0 N–H and O–H groups in total. The van der Waals surface area contributed by atoms with Gasteiger partial charge in [-0.2, -0.15) is 0 Å². The summed E-state index contributed by atoms with van der Waals surface area (Å²) >= 11 is 3.39. The maximum atomic E-state index is 11.3. The van der Waals surface area contributed by atoms with E-state index in [4.69, 9.17) is 9.47 Å². The highest BCUT2D eigenvalue weighted by Gasteiger charge is 2.01. The molecule has 2 rings (SSSR count). The highest BCUT2D eigenvalue weighted by molar-refractivity contribution is 9.10. The number of ketones is 1. The van der Waals surface area contributed by atoms with E-state index in [0.29, 0.717) is 24.5 Å². The molecule has 0 saturated heterocycles. The molecule has 0 fully saturated rings. The Labute approximate surface area is 126 Å². The molecule has 0 heterocycles. The SMILES string of the molecule is CC(=O)c1cccc(OCCOc2cccc(Br)c2)c1. The number of carbonyl (C=O) groups excluding carboxylic acids is 1. The van der Waals surface area contributed by atoms with Gasteiger partial charge in [-0.05, 0) is 37.3 Å². The number of benzene rings is 2. The summed E-state index contributed by atoms with van der Waals surface area (Å²) in [6, 6.07) is 14.8. The number of hydrogen-bond donors (Lipinski definition) is 0. The minimum Gasteiger partial charge on any atom is -0.490 e. The molecule has 0 aliphatic rings. The molecule has 3 nitrogen and oxygen atoms in total. The zero-order valence-corrected chi connectivity index (χ0v) is 12.7. The first kappa shape index (κ1) is 14.6. The molecular weight excluding hydrogens is 320 g/mol. The van der Waals surface area contributed by atoms with E-state index in [0.717, 1.165) is 10.2 Å². The van der Waals surface area contributed by atoms with Crippen molar-refractivity contribution in [3.63, 3.8) is 0 Å². The molecule has 0 aliphatic carbocycles. The lowest BCUT2D eigenvalue weighted by Crippen LogP contribution is -2.09. The van der Waals surface area contributed by atoms with Crippen molar-refractivity contribution in [3.8, 4) is 11.5 Å². The van der Waals surface area contributed by atoms with Gasteiger partial charge >= 0.3 is 0 Å². The summed E-state index contributed by atoms with van der Waals surface area (Å²) in [7, 11) is 0. The third kappa shape index (κ3) is 4.38. The van der Waals surface area contributed by atoms with Crippen LogP contribution in [0.15, 0.2) is 53.0 Å². The van der Waals surface area contributed by atoms with Crippen molar-refractivity contribution in [2.75, 3.05) is 13.2 Å². The molecule has 0 bridgehead atoms. The standard InChI is InChI=1S/C16H15BrO3/c1-12(18)13-4-2-6-15(10-13)19-8-9-20-16-7-3-5-14(17)11-16/h2-7,10-11H,8-9H2,1H3. The molecule has 20 heavy (non-hydrogen) atoms. The molecule has 0 saturated carbocycles. The number of carbonyl (C=O) groups is 1. The Hall–Kier alpha value is -1.81. The van der Waals surface area contributed by atoms with Gasteiger partial charge in [0, 0.05) is 10.0 Å². The van der Waals surface area contributed by atoms with E-state index in [-0.39, 0.29) is 5.78 Å². The Morgan fingerprint density at radius 2 is 1.60 bits per heavy atom. The maximum absolute atomic E-state index is 11.3. The summed E-state index contributed by atoms with van der Waals surface area (Å²) in [5, 5.41) is 0. The molecule has 0 amide bonds. The lowest BCUT2D eigenvalue weighted by Gasteiger charge is -2.09. The molecule has 0 aliphatic heterocycles. The molecule has 0 atom stereocenters. The minimum absolute atomic E-state index is 0.0286. The van der Waals surface area contributed by atoms with Crippen molar-refractivity contribution in [2.24, 2.45) is 0 Å². The molecule has 104 valence electrons. The number of rotatable bonds is 6. The largest absolute Gasteiger partial charge is 0.490 e. The van der Waals surface area contributed by atoms with Crippen LogP contribution in [-0.4, -0.2) is 19.0 Å². The van der Waals surface area contributed by atoms with Crippen LogP contribution in [0.25, 0.3) is 0 Å². The molecule has 0 unspecified atom stereocenters. The first-order valence-corrected chi connectivity index (χ1v) is 7.06. The van der Waals surface area contributed by atoms with Crippen LogP contribution in [0.1, 0.15) is 17.3 Å².